The standard InChI is InChI=1S/C23H15F7N6O2S/c1-35-12-20(21(34-35)23(28,29)30)39(37,38)33-10-15-3-2-13(6-19(15)24)16-9-32-36(11-16)17-5-4-14(8-31)18(7-17)22(25,26)27/h2-7,9,11-12,33H,10H2,1H3. The Bertz CT molecular complexity index is 1700. The number of aryl methyl sites for hydroxylation is 1. The second-order valence-corrected chi connectivity index (χ2v) is 9.89. The smallest absolute Gasteiger partial charge is 0.274 e. The average molecular weight is 572 g/mol. The zero-order chi connectivity index (χ0) is 28.8. The van der Waals surface area contributed by atoms with Crippen molar-refractivity contribution in [1.29, 1.82) is 5.26 Å². The van der Waals surface area contributed by atoms with Crippen LogP contribution >= 0.6 is 0 Å². The summed E-state index contributed by atoms with van der Waals surface area (Å²) in [4.78, 5) is -1.11. The van der Waals surface area contributed by atoms with E-state index in [2.05, 4.69) is 10.2 Å². The molecule has 0 aliphatic heterocycles. The summed E-state index contributed by atoms with van der Waals surface area (Å²) in [6.45, 7) is -0.675. The largest absolute Gasteiger partial charge is 0.436 e. The number of aromatic nitrogens is 4. The third-order valence-corrected chi connectivity index (χ3v) is 6.87. The fraction of sp³-hybridized carbons (Fsp3) is 0.174. The Labute approximate surface area is 216 Å². The number of hydrogen-bond donors (Lipinski definition) is 1. The van der Waals surface area contributed by atoms with Gasteiger partial charge in [-0.05, 0) is 29.8 Å². The molecule has 4 rings (SSSR count). The van der Waals surface area contributed by atoms with Crippen LogP contribution in [-0.4, -0.2) is 28.0 Å². The van der Waals surface area contributed by atoms with E-state index in [1.165, 1.54) is 36.7 Å². The number of sulfonamides is 1. The summed E-state index contributed by atoms with van der Waals surface area (Å²) < 4.78 is 123. The van der Waals surface area contributed by atoms with Crippen molar-refractivity contribution >= 4 is 10.0 Å². The first-order valence-corrected chi connectivity index (χ1v) is 12.1. The highest BCUT2D eigenvalue weighted by Crippen LogP contribution is 2.34. The van der Waals surface area contributed by atoms with E-state index in [0.29, 0.717) is 16.4 Å². The molecule has 4 aromatic rings. The van der Waals surface area contributed by atoms with Gasteiger partial charge in [0.25, 0.3) is 0 Å². The second kappa shape index (κ2) is 9.82. The molecule has 0 bridgehead atoms. The van der Waals surface area contributed by atoms with Crippen LogP contribution in [0.2, 0.25) is 0 Å². The Balaban J connectivity index is 1.55. The molecule has 2 aromatic carbocycles. The van der Waals surface area contributed by atoms with Crippen molar-refractivity contribution in [2.75, 3.05) is 0 Å². The highest BCUT2D eigenvalue weighted by Gasteiger charge is 2.41. The van der Waals surface area contributed by atoms with Gasteiger partial charge in [0.1, 0.15) is 10.7 Å². The maximum atomic E-state index is 14.8. The molecular weight excluding hydrogens is 557 g/mol. The predicted octanol–water partition coefficient (Wildman–Crippen LogP) is 4.80. The van der Waals surface area contributed by atoms with Crippen LogP contribution in [0.4, 0.5) is 30.7 Å². The normalized spacial score (nSPS) is 12.5. The molecule has 0 unspecified atom stereocenters. The van der Waals surface area contributed by atoms with Crippen LogP contribution in [-0.2, 0) is 36.0 Å². The van der Waals surface area contributed by atoms with Crippen LogP contribution in [0.15, 0.2) is 59.9 Å². The number of halogens is 7. The van der Waals surface area contributed by atoms with E-state index in [1.807, 2.05) is 4.72 Å². The molecule has 0 aliphatic carbocycles. The van der Waals surface area contributed by atoms with Crippen molar-refractivity contribution < 1.29 is 39.2 Å². The number of alkyl halides is 6. The van der Waals surface area contributed by atoms with Gasteiger partial charge in [-0.15, -0.1) is 0 Å². The molecule has 0 radical (unpaired) electrons. The zero-order valence-corrected chi connectivity index (χ0v) is 20.3. The molecule has 39 heavy (non-hydrogen) atoms. The fourth-order valence-electron chi connectivity index (χ4n) is 3.60. The van der Waals surface area contributed by atoms with E-state index in [0.717, 1.165) is 29.9 Å². The Kier molecular flexibility index (Phi) is 7.00. The first-order valence-electron chi connectivity index (χ1n) is 10.7. The Morgan fingerprint density at radius 1 is 1.00 bits per heavy atom. The van der Waals surface area contributed by atoms with Gasteiger partial charge in [-0.25, -0.2) is 22.2 Å². The van der Waals surface area contributed by atoms with Gasteiger partial charge in [0.2, 0.25) is 10.0 Å². The summed E-state index contributed by atoms with van der Waals surface area (Å²) in [5.74, 6) is -0.900. The molecule has 0 fully saturated rings. The van der Waals surface area contributed by atoms with Crippen LogP contribution in [0.5, 0.6) is 0 Å². The summed E-state index contributed by atoms with van der Waals surface area (Å²) in [6.07, 6.45) is -6.56. The van der Waals surface area contributed by atoms with Gasteiger partial charge in [-0.1, -0.05) is 12.1 Å². The molecule has 1 N–H and O–H groups in total. The molecule has 2 heterocycles. The topological polar surface area (TPSA) is 106 Å². The van der Waals surface area contributed by atoms with Gasteiger partial charge >= 0.3 is 12.4 Å². The predicted molar refractivity (Wildman–Crippen MR) is 121 cm³/mol. The minimum absolute atomic E-state index is 0.00676. The van der Waals surface area contributed by atoms with Crippen LogP contribution in [0.3, 0.4) is 0 Å². The van der Waals surface area contributed by atoms with Gasteiger partial charge in [0.15, 0.2) is 5.69 Å². The third kappa shape index (κ3) is 5.78. The van der Waals surface area contributed by atoms with E-state index >= 15 is 0 Å². The lowest BCUT2D eigenvalue weighted by Crippen LogP contribution is -2.26. The molecule has 0 aliphatic rings. The highest BCUT2D eigenvalue weighted by molar-refractivity contribution is 7.89. The minimum atomic E-state index is -5.03. The number of benzene rings is 2. The molecule has 0 saturated heterocycles. The number of hydrogen-bond acceptors (Lipinski definition) is 5. The van der Waals surface area contributed by atoms with Crippen molar-refractivity contribution in [3.63, 3.8) is 0 Å². The van der Waals surface area contributed by atoms with E-state index in [9.17, 15) is 39.2 Å². The highest BCUT2D eigenvalue weighted by atomic mass is 32.2. The average Bonchev–Trinajstić information content (AvgIpc) is 3.50. The van der Waals surface area contributed by atoms with Crippen molar-refractivity contribution in [2.24, 2.45) is 7.05 Å². The van der Waals surface area contributed by atoms with Crippen LogP contribution in [0, 0.1) is 17.1 Å². The molecule has 2 aromatic heterocycles. The zero-order valence-electron chi connectivity index (χ0n) is 19.5. The lowest BCUT2D eigenvalue weighted by Gasteiger charge is -2.11. The number of nitrogens with zero attached hydrogens (tertiary/aromatic N) is 5. The molecule has 0 saturated carbocycles. The van der Waals surface area contributed by atoms with Crippen LogP contribution in [0.1, 0.15) is 22.4 Å². The maximum Gasteiger partial charge on any atom is 0.436 e. The third-order valence-electron chi connectivity index (χ3n) is 5.47. The lowest BCUT2D eigenvalue weighted by molar-refractivity contribution is -0.143. The maximum absolute atomic E-state index is 14.8. The Hall–Kier alpha value is -4.23. The van der Waals surface area contributed by atoms with Gasteiger partial charge in [0, 0.05) is 37.1 Å². The number of rotatable bonds is 6. The summed E-state index contributed by atoms with van der Waals surface area (Å²) in [5, 5.41) is 16.0. The van der Waals surface area contributed by atoms with Gasteiger partial charge in [-0.2, -0.15) is 41.8 Å². The fourth-order valence-corrected chi connectivity index (χ4v) is 4.80. The minimum Gasteiger partial charge on any atom is -0.274 e. The number of nitrogens with one attached hydrogen (secondary N) is 1. The van der Waals surface area contributed by atoms with E-state index in [1.54, 1.807) is 0 Å². The first kappa shape index (κ1) is 27.8. The van der Waals surface area contributed by atoms with Gasteiger partial charge < -0.3 is 0 Å². The molecule has 204 valence electrons. The van der Waals surface area contributed by atoms with Crippen molar-refractivity contribution in [3.05, 3.63) is 83.2 Å². The van der Waals surface area contributed by atoms with Crippen LogP contribution in [0.25, 0.3) is 16.8 Å². The summed E-state index contributed by atoms with van der Waals surface area (Å²) in [5.41, 5.74) is -2.99. The van der Waals surface area contributed by atoms with Crippen LogP contribution < -0.4 is 4.72 Å². The first-order chi connectivity index (χ1) is 18.1. The molecule has 0 amide bonds. The quantitative estimate of drug-likeness (QED) is 0.334. The summed E-state index contributed by atoms with van der Waals surface area (Å²) >= 11 is 0. The molecule has 0 atom stereocenters. The van der Waals surface area contributed by atoms with Crippen molar-refractivity contribution in [1.82, 2.24) is 24.3 Å². The molecule has 8 nitrogen and oxygen atoms in total. The molecule has 0 spiro atoms. The van der Waals surface area contributed by atoms with Crippen molar-refractivity contribution in [2.45, 2.75) is 23.8 Å². The van der Waals surface area contributed by atoms with E-state index in [-0.39, 0.29) is 16.8 Å². The molecule has 16 heteroatoms. The second-order valence-electron chi connectivity index (χ2n) is 8.16. The molecular formula is C23H15F7N6O2S. The van der Waals surface area contributed by atoms with E-state index in [4.69, 9.17) is 5.26 Å². The summed E-state index contributed by atoms with van der Waals surface area (Å²) in [6, 6.07) is 8.06. The Morgan fingerprint density at radius 3 is 2.33 bits per heavy atom. The van der Waals surface area contributed by atoms with E-state index < -0.39 is 56.5 Å². The van der Waals surface area contributed by atoms with Gasteiger partial charge in [-0.3, -0.25) is 4.68 Å². The SMILES string of the molecule is Cn1cc(S(=O)(=O)NCc2ccc(-c3cnn(-c4ccc(C#N)c(C(F)(F)F)c4)c3)cc2F)c(C(F)(F)F)n1. The lowest BCUT2D eigenvalue weighted by atomic mass is 10.1. The monoisotopic (exact) mass is 572 g/mol. The Morgan fingerprint density at radius 2 is 1.72 bits per heavy atom. The number of nitriles is 1. The van der Waals surface area contributed by atoms with Gasteiger partial charge in [0.05, 0.1) is 29.1 Å². The summed E-state index contributed by atoms with van der Waals surface area (Å²) in [7, 11) is -3.59. The van der Waals surface area contributed by atoms with Crippen molar-refractivity contribution in [3.8, 4) is 22.9 Å².